The van der Waals surface area contributed by atoms with Crippen LogP contribution in [0.5, 0.6) is 0 Å². The highest BCUT2D eigenvalue weighted by atomic mass is 16.4. The normalized spacial score (nSPS) is 15.0. The van der Waals surface area contributed by atoms with Crippen molar-refractivity contribution in [3.63, 3.8) is 0 Å². The van der Waals surface area contributed by atoms with Crippen molar-refractivity contribution in [3.05, 3.63) is 102 Å². The van der Waals surface area contributed by atoms with E-state index in [1.165, 1.54) is 5.01 Å². The number of carbonyl (C=O) groups excluding carboxylic acids is 5. The molecule has 18 heteroatoms. The lowest BCUT2D eigenvalue weighted by atomic mass is 9.88. The second kappa shape index (κ2) is 20.6. The highest BCUT2D eigenvalue weighted by molar-refractivity contribution is 6.07. The Morgan fingerprint density at radius 2 is 1.61 bits per heavy atom. The van der Waals surface area contributed by atoms with Gasteiger partial charge in [-0.15, -0.1) is 0 Å². The van der Waals surface area contributed by atoms with E-state index >= 15 is 0 Å². The maximum absolute atomic E-state index is 14.0. The van der Waals surface area contributed by atoms with Crippen LogP contribution in [-0.2, 0) is 41.9 Å². The largest absolute Gasteiger partial charge is 0.481 e. The number of nitrogens with one attached hydrogen (secondary N) is 4. The monoisotopic (exact) mass is 833 g/mol. The molecule has 2 aromatic heterocycles. The van der Waals surface area contributed by atoms with Crippen LogP contribution in [0.25, 0.3) is 10.9 Å². The Bertz CT molecular complexity index is 2290. The molecular weight excluding hydrogens is 787 g/mol. The molecule has 2 aliphatic heterocycles. The summed E-state index contributed by atoms with van der Waals surface area (Å²) in [5, 5.41) is 35.4. The van der Waals surface area contributed by atoms with Crippen LogP contribution >= 0.6 is 0 Å². The Morgan fingerprint density at radius 3 is 2.38 bits per heavy atom. The van der Waals surface area contributed by atoms with Crippen molar-refractivity contribution in [3.8, 4) is 0 Å². The van der Waals surface area contributed by atoms with Crippen molar-refractivity contribution in [1.82, 2.24) is 35.8 Å². The first-order valence-electron chi connectivity index (χ1n) is 20.0. The maximum atomic E-state index is 14.0. The molecule has 0 aliphatic carbocycles. The molecule has 6 amide bonds. The summed E-state index contributed by atoms with van der Waals surface area (Å²) in [5.41, 5.74) is 5.89. The number of carbonyl (C=O) groups is 7. The molecule has 4 aromatic rings. The third-order valence-electron chi connectivity index (χ3n) is 10.4. The summed E-state index contributed by atoms with van der Waals surface area (Å²) >= 11 is 0. The first-order chi connectivity index (χ1) is 29.4. The number of nitrogens with zero attached hydrogens (tertiary/aromatic N) is 5. The van der Waals surface area contributed by atoms with Gasteiger partial charge in [0.15, 0.2) is 0 Å². The average molecular weight is 834 g/mol. The predicted octanol–water partition coefficient (Wildman–Crippen LogP) is 3.51. The van der Waals surface area contributed by atoms with E-state index in [-0.39, 0.29) is 24.9 Å². The fourth-order valence-corrected chi connectivity index (χ4v) is 7.06. The number of rotatable bonds is 19. The van der Waals surface area contributed by atoms with Gasteiger partial charge in [-0.1, -0.05) is 43.2 Å². The summed E-state index contributed by atoms with van der Waals surface area (Å²) in [6.45, 7) is 1.05. The number of fused-ring (bicyclic) bond motifs is 2. The molecule has 0 saturated carbocycles. The average Bonchev–Trinajstić information content (AvgIpc) is 3.70. The number of anilines is 1. The van der Waals surface area contributed by atoms with Gasteiger partial charge in [0.2, 0.25) is 17.7 Å². The number of carboxylic acids is 2. The first kappa shape index (κ1) is 43.3. The Kier molecular flexibility index (Phi) is 14.7. The molecule has 2 aromatic carbocycles. The van der Waals surface area contributed by atoms with Crippen LogP contribution in [0.4, 0.5) is 10.5 Å². The third-order valence-corrected chi connectivity index (χ3v) is 10.4. The van der Waals surface area contributed by atoms with Crippen LogP contribution in [0.2, 0.25) is 0 Å². The number of pyridine rings is 2. The summed E-state index contributed by atoms with van der Waals surface area (Å²) in [6.07, 6.45) is 6.94. The number of hydrazone groups is 1. The number of amides is 6. The lowest BCUT2D eigenvalue weighted by Gasteiger charge is -2.30. The zero-order valence-electron chi connectivity index (χ0n) is 33.3. The molecule has 4 heterocycles. The first-order valence-corrected chi connectivity index (χ1v) is 20.0. The number of hydrogen-bond donors (Lipinski definition) is 6. The van der Waals surface area contributed by atoms with Gasteiger partial charge < -0.3 is 36.4 Å². The summed E-state index contributed by atoms with van der Waals surface area (Å²) in [5.74, 6) is -5.33. The Morgan fingerprint density at radius 1 is 0.820 bits per heavy atom. The topological polar surface area (TPSA) is 253 Å². The number of urea groups is 1. The van der Waals surface area contributed by atoms with E-state index in [2.05, 4.69) is 31.2 Å². The van der Waals surface area contributed by atoms with Crippen LogP contribution < -0.4 is 21.3 Å². The Hall–Kier alpha value is -7.24. The number of carboxylic acid groups (broad SMARTS) is 2. The van der Waals surface area contributed by atoms with Crippen molar-refractivity contribution in [2.24, 2.45) is 5.10 Å². The molecule has 0 bridgehead atoms. The van der Waals surface area contributed by atoms with E-state index in [0.717, 1.165) is 38.9 Å². The fraction of sp³-hybridized carbons (Fsp3) is 0.349. The smallest absolute Gasteiger partial charge is 0.326 e. The Labute approximate surface area is 350 Å². The van der Waals surface area contributed by atoms with Gasteiger partial charge in [0.05, 0.1) is 36.5 Å². The number of benzene rings is 2. The number of hydrogen-bond acceptors (Lipinski definition) is 10. The molecule has 2 aliphatic rings. The second-order valence-electron chi connectivity index (χ2n) is 14.8. The minimum Gasteiger partial charge on any atom is -0.481 e. The van der Waals surface area contributed by atoms with E-state index in [1.807, 2.05) is 60.7 Å². The molecule has 0 saturated heterocycles. The van der Waals surface area contributed by atoms with Crippen LogP contribution in [0, 0.1) is 0 Å². The van der Waals surface area contributed by atoms with E-state index in [1.54, 1.807) is 23.5 Å². The molecule has 0 fully saturated rings. The molecule has 18 nitrogen and oxygen atoms in total. The lowest BCUT2D eigenvalue weighted by Crippen LogP contribution is -2.47. The molecule has 6 N–H and O–H groups in total. The molecular formula is C43H47N9O9. The second-order valence-corrected chi connectivity index (χ2v) is 14.8. The van der Waals surface area contributed by atoms with E-state index in [0.29, 0.717) is 57.4 Å². The SMILES string of the molecule is O=C(O)CCC(=O)NCC(=O)N[C@H](CC(=O)NCCCCCCN1N=C(c2ccc(NC(=O)N3Cc4ccncc4C3)cc2)CC(c2ccc3cccnc3c2)C1=O)C(=O)O. The lowest BCUT2D eigenvalue weighted by molar-refractivity contribution is -0.143. The molecule has 1 unspecified atom stereocenters. The highest BCUT2D eigenvalue weighted by Gasteiger charge is 2.33. The van der Waals surface area contributed by atoms with Crippen molar-refractivity contribution in [2.45, 2.75) is 76.4 Å². The molecule has 2 atom stereocenters. The standard InChI is InChI=1S/C43H47N9O9/c53-37(13-14-40(56)57)47-24-39(55)49-36(42(59)60)22-38(54)46-16-3-1-2-4-19-52-41(58)33(29-8-7-27-6-5-17-45-34(27)20-29)21-35(50-52)28-9-11-32(12-10-28)48-43(61)51-25-30-15-18-44-23-31(30)26-51/h5-12,15,17-18,20,23,33,36H,1-4,13-14,16,19,21-22,24-26H2,(H,46,54)(H,47,53)(H,48,61)(H,49,55)(H,56,57)(H,59,60)/t33?,36-/m1/s1. The number of aliphatic carboxylic acids is 2. The van der Waals surface area contributed by atoms with Crippen molar-refractivity contribution < 1.29 is 43.8 Å². The zero-order chi connectivity index (χ0) is 43.3. The molecule has 6 rings (SSSR count). The van der Waals surface area contributed by atoms with Crippen LogP contribution in [0.15, 0.2) is 84.4 Å². The van der Waals surface area contributed by atoms with E-state index in [9.17, 15) is 38.7 Å². The number of unbranched alkanes of at least 4 members (excludes halogenated alkanes) is 3. The van der Waals surface area contributed by atoms with Gasteiger partial charge in [0, 0.05) is 68.7 Å². The van der Waals surface area contributed by atoms with Crippen LogP contribution in [0.1, 0.15) is 79.5 Å². The minimum absolute atomic E-state index is 0.127. The van der Waals surface area contributed by atoms with Gasteiger partial charge in [-0.3, -0.25) is 33.9 Å². The zero-order valence-corrected chi connectivity index (χ0v) is 33.3. The van der Waals surface area contributed by atoms with Crippen LogP contribution in [0.3, 0.4) is 0 Å². The molecule has 0 spiro atoms. The Balaban J connectivity index is 0.997. The summed E-state index contributed by atoms with van der Waals surface area (Å²) in [6, 6.07) is 17.3. The van der Waals surface area contributed by atoms with Gasteiger partial charge in [-0.25, -0.2) is 14.6 Å². The number of aromatic nitrogens is 2. The predicted molar refractivity (Wildman–Crippen MR) is 222 cm³/mol. The van der Waals surface area contributed by atoms with Crippen LogP contribution in [-0.4, -0.2) is 103 Å². The summed E-state index contributed by atoms with van der Waals surface area (Å²) in [4.78, 5) is 95.9. The summed E-state index contributed by atoms with van der Waals surface area (Å²) < 4.78 is 0. The van der Waals surface area contributed by atoms with Crippen molar-refractivity contribution >= 4 is 63.9 Å². The molecule has 318 valence electrons. The summed E-state index contributed by atoms with van der Waals surface area (Å²) in [7, 11) is 0. The molecule has 61 heavy (non-hydrogen) atoms. The minimum atomic E-state index is -1.53. The van der Waals surface area contributed by atoms with Crippen molar-refractivity contribution in [1.29, 1.82) is 0 Å². The fourth-order valence-electron chi connectivity index (χ4n) is 7.06. The quantitative estimate of drug-likeness (QED) is 0.0746. The van der Waals surface area contributed by atoms with Gasteiger partial charge in [0.25, 0.3) is 5.91 Å². The van der Waals surface area contributed by atoms with E-state index < -0.39 is 61.0 Å². The van der Waals surface area contributed by atoms with Gasteiger partial charge in [-0.2, -0.15) is 5.10 Å². The van der Waals surface area contributed by atoms with Gasteiger partial charge in [-0.05, 0) is 65.4 Å². The van der Waals surface area contributed by atoms with E-state index in [4.69, 9.17) is 10.2 Å². The third kappa shape index (κ3) is 12.2. The molecule has 0 radical (unpaired) electrons. The van der Waals surface area contributed by atoms with Gasteiger partial charge >= 0.3 is 18.0 Å². The maximum Gasteiger partial charge on any atom is 0.326 e. The highest BCUT2D eigenvalue weighted by Crippen LogP contribution is 2.31. The van der Waals surface area contributed by atoms with Gasteiger partial charge in [0.1, 0.15) is 6.04 Å². The van der Waals surface area contributed by atoms with Crippen molar-refractivity contribution in [2.75, 3.05) is 25.0 Å².